The van der Waals surface area contributed by atoms with Gasteiger partial charge >= 0.3 is 5.97 Å². The van der Waals surface area contributed by atoms with Crippen LogP contribution < -0.4 is 9.47 Å². The topological polar surface area (TPSA) is 121 Å². The molecule has 2 amide bonds. The van der Waals surface area contributed by atoms with Gasteiger partial charge in [0, 0.05) is 12.6 Å². The summed E-state index contributed by atoms with van der Waals surface area (Å²) in [6, 6.07) is 5.16. The van der Waals surface area contributed by atoms with Gasteiger partial charge < -0.3 is 18.7 Å². The molecule has 0 N–H and O–H groups in total. The molecular formula is C22H23N3O7. The first kappa shape index (κ1) is 21.5. The second kappa shape index (κ2) is 9.21. The number of nitrogens with zero attached hydrogens (tertiary/aromatic N) is 3. The minimum atomic E-state index is -0.569. The van der Waals surface area contributed by atoms with Crippen molar-refractivity contribution in [2.75, 3.05) is 20.8 Å². The van der Waals surface area contributed by atoms with Crippen LogP contribution >= 0.6 is 0 Å². The third-order valence-electron chi connectivity index (χ3n) is 5.61. The van der Waals surface area contributed by atoms with E-state index in [1.54, 1.807) is 25.3 Å². The van der Waals surface area contributed by atoms with E-state index in [0.29, 0.717) is 29.9 Å². The standard InChI is InChI=1S/C22H23N3O7/c1-29-13-7-8-16(17(11-13)30-2)20-23-18(32-24-20)12-31-19(26)9-10-25-21(27)14-5-3-4-6-15(14)22(25)28/h3-4,7-8,11,14-15H,5-6,9-10,12H2,1-2H3/t14-,15+. The third kappa shape index (κ3) is 4.20. The van der Waals surface area contributed by atoms with Crippen LogP contribution in [0.15, 0.2) is 34.9 Å². The van der Waals surface area contributed by atoms with E-state index >= 15 is 0 Å². The molecule has 0 spiro atoms. The highest BCUT2D eigenvalue weighted by Gasteiger charge is 2.46. The molecule has 1 aliphatic carbocycles. The van der Waals surface area contributed by atoms with Crippen molar-refractivity contribution in [1.82, 2.24) is 15.0 Å². The number of carbonyl (C=O) groups excluding carboxylic acids is 3. The molecule has 32 heavy (non-hydrogen) atoms. The van der Waals surface area contributed by atoms with Crippen LogP contribution in [0.2, 0.25) is 0 Å². The molecule has 0 radical (unpaired) electrons. The number of rotatable bonds is 8. The molecule has 0 unspecified atom stereocenters. The second-order valence-electron chi connectivity index (χ2n) is 7.47. The van der Waals surface area contributed by atoms with E-state index in [1.807, 2.05) is 12.2 Å². The highest BCUT2D eigenvalue weighted by molar-refractivity contribution is 6.05. The average molecular weight is 441 g/mol. The number of amides is 2. The van der Waals surface area contributed by atoms with E-state index in [0.717, 1.165) is 0 Å². The Morgan fingerprint density at radius 3 is 2.50 bits per heavy atom. The van der Waals surface area contributed by atoms with Crippen LogP contribution in [0, 0.1) is 11.8 Å². The summed E-state index contributed by atoms with van der Waals surface area (Å²) in [6.45, 7) is -0.219. The van der Waals surface area contributed by atoms with Crippen molar-refractivity contribution >= 4 is 17.8 Å². The number of hydrogen-bond donors (Lipinski definition) is 0. The number of likely N-dealkylation sites (tertiary alicyclic amines) is 1. The SMILES string of the molecule is COc1ccc(-c2noc(COC(=O)CCN3C(=O)[C@H]4CC=CC[C@H]4C3=O)n2)c(OC)c1. The molecule has 1 aliphatic heterocycles. The Kier molecular flexibility index (Phi) is 6.20. The third-order valence-corrected chi connectivity index (χ3v) is 5.61. The maximum absolute atomic E-state index is 12.4. The van der Waals surface area contributed by atoms with Gasteiger partial charge in [0.1, 0.15) is 11.5 Å². The summed E-state index contributed by atoms with van der Waals surface area (Å²) in [4.78, 5) is 42.4. The van der Waals surface area contributed by atoms with Gasteiger partial charge in [-0.25, -0.2) is 0 Å². The molecule has 2 atom stereocenters. The minimum absolute atomic E-state index is 0.00162. The molecule has 10 heteroatoms. The van der Waals surface area contributed by atoms with Crippen LogP contribution in [0.3, 0.4) is 0 Å². The highest BCUT2D eigenvalue weighted by atomic mass is 16.6. The summed E-state index contributed by atoms with van der Waals surface area (Å²) in [5, 5.41) is 3.90. The van der Waals surface area contributed by atoms with E-state index in [1.165, 1.54) is 12.0 Å². The van der Waals surface area contributed by atoms with Crippen molar-refractivity contribution in [2.45, 2.75) is 25.9 Å². The molecule has 2 aromatic rings. The first-order valence-corrected chi connectivity index (χ1v) is 10.2. The van der Waals surface area contributed by atoms with Gasteiger partial charge in [-0.1, -0.05) is 17.3 Å². The molecular weight excluding hydrogens is 418 g/mol. The number of carbonyl (C=O) groups is 3. The molecule has 4 rings (SSSR count). The van der Waals surface area contributed by atoms with Gasteiger partial charge in [0.2, 0.25) is 17.6 Å². The molecule has 10 nitrogen and oxygen atoms in total. The zero-order valence-electron chi connectivity index (χ0n) is 17.8. The highest BCUT2D eigenvalue weighted by Crippen LogP contribution is 2.35. The van der Waals surface area contributed by atoms with Crippen LogP contribution in [-0.4, -0.2) is 53.6 Å². The van der Waals surface area contributed by atoms with Gasteiger partial charge in [0.25, 0.3) is 5.89 Å². The number of ether oxygens (including phenoxy) is 3. The first-order valence-electron chi connectivity index (χ1n) is 10.2. The van der Waals surface area contributed by atoms with Crippen LogP contribution in [0.25, 0.3) is 11.4 Å². The van der Waals surface area contributed by atoms with Crippen molar-refractivity contribution in [1.29, 1.82) is 0 Å². The molecule has 1 fully saturated rings. The van der Waals surface area contributed by atoms with Crippen molar-refractivity contribution in [3.63, 3.8) is 0 Å². The predicted molar refractivity (Wildman–Crippen MR) is 109 cm³/mol. The van der Waals surface area contributed by atoms with Gasteiger partial charge in [0.15, 0.2) is 6.61 Å². The lowest BCUT2D eigenvalue weighted by molar-refractivity contribution is -0.147. The lowest BCUT2D eigenvalue weighted by Crippen LogP contribution is -2.33. The van der Waals surface area contributed by atoms with Gasteiger partial charge in [-0.05, 0) is 25.0 Å². The Labute approximate surface area is 184 Å². The minimum Gasteiger partial charge on any atom is -0.497 e. The van der Waals surface area contributed by atoms with Gasteiger partial charge in [-0.2, -0.15) is 4.98 Å². The lowest BCUT2D eigenvalue weighted by atomic mass is 9.85. The Morgan fingerprint density at radius 2 is 1.84 bits per heavy atom. The molecule has 1 aromatic heterocycles. The van der Waals surface area contributed by atoms with Gasteiger partial charge in [0.05, 0.1) is 38.0 Å². The van der Waals surface area contributed by atoms with E-state index in [2.05, 4.69) is 10.1 Å². The molecule has 0 saturated carbocycles. The number of benzene rings is 1. The molecule has 1 saturated heterocycles. The Balaban J connectivity index is 1.30. The van der Waals surface area contributed by atoms with E-state index < -0.39 is 5.97 Å². The first-order chi connectivity index (χ1) is 15.5. The fourth-order valence-electron chi connectivity index (χ4n) is 3.91. The monoisotopic (exact) mass is 441 g/mol. The van der Waals surface area contributed by atoms with Crippen LogP contribution in [0.1, 0.15) is 25.2 Å². The quantitative estimate of drug-likeness (QED) is 0.344. The number of methoxy groups -OCH3 is 2. The molecule has 2 heterocycles. The number of aromatic nitrogens is 2. The zero-order valence-corrected chi connectivity index (χ0v) is 17.8. The summed E-state index contributed by atoms with van der Waals surface area (Å²) >= 11 is 0. The van der Waals surface area contributed by atoms with E-state index in [-0.39, 0.29) is 54.9 Å². The van der Waals surface area contributed by atoms with Crippen LogP contribution in [0.4, 0.5) is 0 Å². The molecule has 2 aliphatic rings. The number of esters is 1. The zero-order chi connectivity index (χ0) is 22.7. The molecule has 1 aromatic carbocycles. The van der Waals surface area contributed by atoms with Crippen molar-refractivity contribution in [3.8, 4) is 22.9 Å². The number of fused-ring (bicyclic) bond motifs is 1. The summed E-state index contributed by atoms with van der Waals surface area (Å²) < 4.78 is 20.8. The lowest BCUT2D eigenvalue weighted by Gasteiger charge is -2.14. The summed E-state index contributed by atoms with van der Waals surface area (Å²) in [7, 11) is 3.07. The fourth-order valence-corrected chi connectivity index (χ4v) is 3.91. The summed E-state index contributed by atoms with van der Waals surface area (Å²) in [5.41, 5.74) is 0.594. The largest absolute Gasteiger partial charge is 0.497 e. The Bertz CT molecular complexity index is 1040. The fraction of sp³-hybridized carbons (Fsp3) is 0.409. The average Bonchev–Trinajstić information content (AvgIpc) is 3.39. The van der Waals surface area contributed by atoms with Crippen molar-refractivity contribution < 1.29 is 33.1 Å². The Hall–Kier alpha value is -3.69. The maximum atomic E-state index is 12.4. The van der Waals surface area contributed by atoms with E-state index in [4.69, 9.17) is 18.7 Å². The number of hydrogen-bond acceptors (Lipinski definition) is 9. The predicted octanol–water partition coefficient (Wildman–Crippen LogP) is 2.14. The van der Waals surface area contributed by atoms with E-state index in [9.17, 15) is 14.4 Å². The smallest absolute Gasteiger partial charge is 0.308 e. The number of imide groups is 1. The van der Waals surface area contributed by atoms with Crippen LogP contribution in [-0.2, 0) is 25.7 Å². The normalized spacial score (nSPS) is 19.8. The molecule has 168 valence electrons. The van der Waals surface area contributed by atoms with Crippen molar-refractivity contribution in [2.24, 2.45) is 11.8 Å². The summed E-state index contributed by atoms with van der Waals surface area (Å²) in [5.74, 6) is -0.111. The van der Waals surface area contributed by atoms with Gasteiger partial charge in [-0.3, -0.25) is 19.3 Å². The van der Waals surface area contributed by atoms with Crippen molar-refractivity contribution in [3.05, 3.63) is 36.2 Å². The molecule has 0 bridgehead atoms. The maximum Gasteiger partial charge on any atom is 0.308 e. The number of allylic oxidation sites excluding steroid dienone is 2. The Morgan fingerprint density at radius 1 is 1.12 bits per heavy atom. The van der Waals surface area contributed by atoms with Crippen LogP contribution in [0.5, 0.6) is 11.5 Å². The summed E-state index contributed by atoms with van der Waals surface area (Å²) in [6.07, 6.45) is 4.87. The van der Waals surface area contributed by atoms with Gasteiger partial charge in [-0.15, -0.1) is 0 Å². The second-order valence-corrected chi connectivity index (χ2v) is 7.47.